The second-order valence-electron chi connectivity index (χ2n) is 6.12. The third-order valence-corrected chi connectivity index (χ3v) is 5.68. The summed E-state index contributed by atoms with van der Waals surface area (Å²) in [6, 6.07) is 2.16. The summed E-state index contributed by atoms with van der Waals surface area (Å²) in [5.74, 6) is 0.722. The molecule has 1 aliphatic carbocycles. The Bertz CT molecular complexity index is 718. The maximum absolute atomic E-state index is 12.6. The largest absolute Gasteiger partial charge is 0.397 e. The molecule has 1 atom stereocenters. The smallest absolute Gasteiger partial charge is 0.266 e. The summed E-state index contributed by atoms with van der Waals surface area (Å²) in [5.41, 5.74) is 9.37. The SMILES string of the molecule is CCN(CC)C(=O)c1sc2nc3c(cc2c1N)CC(C)CC3. The number of carbonyl (C=O) groups excluding carboxylic acids is 1. The van der Waals surface area contributed by atoms with Gasteiger partial charge in [-0.15, -0.1) is 11.3 Å². The monoisotopic (exact) mass is 317 g/mol. The number of hydrogen-bond acceptors (Lipinski definition) is 4. The van der Waals surface area contributed by atoms with Gasteiger partial charge in [0.05, 0.1) is 5.69 Å². The molecule has 1 unspecified atom stereocenters. The molecule has 0 saturated heterocycles. The van der Waals surface area contributed by atoms with Gasteiger partial charge in [-0.2, -0.15) is 0 Å². The number of carbonyl (C=O) groups is 1. The van der Waals surface area contributed by atoms with E-state index < -0.39 is 0 Å². The second kappa shape index (κ2) is 5.88. The molecule has 2 aromatic heterocycles. The zero-order valence-electron chi connectivity index (χ0n) is 13.5. The molecule has 0 radical (unpaired) electrons. The molecule has 2 aromatic rings. The van der Waals surface area contributed by atoms with E-state index in [1.54, 1.807) is 0 Å². The van der Waals surface area contributed by atoms with Crippen molar-refractivity contribution >= 4 is 33.1 Å². The molecule has 118 valence electrons. The first-order chi connectivity index (χ1) is 10.5. The number of nitrogens with two attached hydrogens (primary N) is 1. The van der Waals surface area contributed by atoms with E-state index in [-0.39, 0.29) is 5.91 Å². The molecule has 4 nitrogen and oxygen atoms in total. The summed E-state index contributed by atoms with van der Waals surface area (Å²) in [5, 5.41) is 0.952. The second-order valence-corrected chi connectivity index (χ2v) is 7.12. The first-order valence-corrected chi connectivity index (χ1v) is 8.86. The first kappa shape index (κ1) is 15.3. The molecule has 0 saturated carbocycles. The Morgan fingerprint density at radius 1 is 1.45 bits per heavy atom. The summed E-state index contributed by atoms with van der Waals surface area (Å²) < 4.78 is 0. The number of amides is 1. The quantitative estimate of drug-likeness (QED) is 0.942. The number of aromatic nitrogens is 1. The van der Waals surface area contributed by atoms with Gasteiger partial charge in [-0.05, 0) is 50.7 Å². The van der Waals surface area contributed by atoms with Crippen LogP contribution in [-0.2, 0) is 12.8 Å². The highest BCUT2D eigenvalue weighted by Gasteiger charge is 2.23. The number of rotatable bonds is 3. The molecule has 0 spiro atoms. The molecule has 1 aliphatic rings. The lowest BCUT2D eigenvalue weighted by Gasteiger charge is -2.20. The van der Waals surface area contributed by atoms with Crippen molar-refractivity contribution in [2.45, 2.75) is 40.0 Å². The molecule has 5 heteroatoms. The Kier molecular flexibility index (Phi) is 4.08. The van der Waals surface area contributed by atoms with Gasteiger partial charge in [0.15, 0.2) is 0 Å². The van der Waals surface area contributed by atoms with Gasteiger partial charge in [-0.1, -0.05) is 6.92 Å². The Labute approximate surface area is 135 Å². The van der Waals surface area contributed by atoms with E-state index in [0.29, 0.717) is 29.6 Å². The first-order valence-electron chi connectivity index (χ1n) is 8.05. The van der Waals surface area contributed by atoms with Gasteiger partial charge in [-0.25, -0.2) is 4.98 Å². The summed E-state index contributed by atoms with van der Waals surface area (Å²) in [6.45, 7) is 7.65. The van der Waals surface area contributed by atoms with Crippen molar-refractivity contribution in [3.8, 4) is 0 Å². The minimum Gasteiger partial charge on any atom is -0.397 e. The third-order valence-electron chi connectivity index (χ3n) is 4.58. The zero-order valence-corrected chi connectivity index (χ0v) is 14.3. The van der Waals surface area contributed by atoms with Gasteiger partial charge in [-0.3, -0.25) is 4.79 Å². The van der Waals surface area contributed by atoms with Crippen LogP contribution in [0.5, 0.6) is 0 Å². The predicted octanol–water partition coefficient (Wildman–Crippen LogP) is 3.49. The summed E-state index contributed by atoms with van der Waals surface area (Å²) >= 11 is 1.44. The normalized spacial score (nSPS) is 17.5. The van der Waals surface area contributed by atoms with E-state index in [2.05, 4.69) is 13.0 Å². The van der Waals surface area contributed by atoms with Crippen LogP contribution in [0.2, 0.25) is 0 Å². The lowest BCUT2D eigenvalue weighted by molar-refractivity contribution is 0.0779. The number of pyridine rings is 1. The third kappa shape index (κ3) is 2.47. The predicted molar refractivity (Wildman–Crippen MR) is 92.5 cm³/mol. The van der Waals surface area contributed by atoms with Crippen LogP contribution in [0.25, 0.3) is 10.2 Å². The summed E-state index contributed by atoms with van der Waals surface area (Å²) in [4.78, 5) is 20.7. The average molecular weight is 317 g/mol. The molecule has 22 heavy (non-hydrogen) atoms. The minimum absolute atomic E-state index is 0.0249. The lowest BCUT2D eigenvalue weighted by atomic mass is 9.87. The van der Waals surface area contributed by atoms with Crippen LogP contribution in [0.15, 0.2) is 6.07 Å². The van der Waals surface area contributed by atoms with E-state index in [1.165, 1.54) is 29.0 Å². The van der Waals surface area contributed by atoms with Crippen molar-refractivity contribution in [1.29, 1.82) is 0 Å². The average Bonchev–Trinajstić information content (AvgIpc) is 2.83. The molecule has 0 aromatic carbocycles. The van der Waals surface area contributed by atoms with Crippen molar-refractivity contribution < 1.29 is 4.79 Å². The number of thiophene rings is 1. The molecule has 2 N–H and O–H groups in total. The van der Waals surface area contributed by atoms with Crippen LogP contribution in [0.4, 0.5) is 5.69 Å². The summed E-state index contributed by atoms with van der Waals surface area (Å²) in [7, 11) is 0. The van der Waals surface area contributed by atoms with E-state index in [9.17, 15) is 4.79 Å². The lowest BCUT2D eigenvalue weighted by Crippen LogP contribution is -2.30. The van der Waals surface area contributed by atoms with Crippen molar-refractivity contribution in [2.24, 2.45) is 5.92 Å². The molecule has 1 amide bonds. The highest BCUT2D eigenvalue weighted by Crippen LogP contribution is 2.36. The molecule has 2 heterocycles. The molecule has 0 aliphatic heterocycles. The Morgan fingerprint density at radius 2 is 2.18 bits per heavy atom. The van der Waals surface area contributed by atoms with Crippen LogP contribution >= 0.6 is 11.3 Å². The van der Waals surface area contributed by atoms with E-state index >= 15 is 0 Å². The molecule has 0 bridgehead atoms. The maximum atomic E-state index is 12.6. The van der Waals surface area contributed by atoms with Crippen molar-refractivity contribution in [3.05, 3.63) is 22.2 Å². The Balaban J connectivity index is 2.07. The topological polar surface area (TPSA) is 59.2 Å². The standard InChI is InChI=1S/C17H23N3OS/c1-4-20(5-2)17(21)15-14(18)12-9-11-8-10(3)6-7-13(11)19-16(12)22-15/h9-10H,4-8,18H2,1-3H3. The fourth-order valence-corrected chi connectivity index (χ4v) is 4.25. The van der Waals surface area contributed by atoms with Gasteiger partial charge in [0.2, 0.25) is 0 Å². The van der Waals surface area contributed by atoms with E-state index in [4.69, 9.17) is 10.7 Å². The number of hydrogen-bond donors (Lipinski definition) is 1. The number of nitrogens with zero attached hydrogens (tertiary/aromatic N) is 2. The van der Waals surface area contributed by atoms with Crippen LogP contribution in [-0.4, -0.2) is 28.9 Å². The Morgan fingerprint density at radius 3 is 2.86 bits per heavy atom. The molecular weight excluding hydrogens is 294 g/mol. The van der Waals surface area contributed by atoms with Crippen molar-refractivity contribution in [1.82, 2.24) is 9.88 Å². The van der Waals surface area contributed by atoms with Gasteiger partial charge in [0.1, 0.15) is 9.71 Å². The Hall–Kier alpha value is -1.62. The van der Waals surface area contributed by atoms with Crippen LogP contribution in [0, 0.1) is 5.92 Å². The van der Waals surface area contributed by atoms with Crippen LogP contribution < -0.4 is 5.73 Å². The molecule has 0 fully saturated rings. The summed E-state index contributed by atoms with van der Waals surface area (Å²) in [6.07, 6.45) is 3.29. The maximum Gasteiger partial charge on any atom is 0.266 e. The van der Waals surface area contributed by atoms with Gasteiger partial charge in [0.25, 0.3) is 5.91 Å². The van der Waals surface area contributed by atoms with Crippen molar-refractivity contribution in [3.63, 3.8) is 0 Å². The highest BCUT2D eigenvalue weighted by molar-refractivity contribution is 7.21. The van der Waals surface area contributed by atoms with Crippen molar-refractivity contribution in [2.75, 3.05) is 18.8 Å². The van der Waals surface area contributed by atoms with Crippen LogP contribution in [0.1, 0.15) is 48.1 Å². The number of anilines is 1. The van der Waals surface area contributed by atoms with Gasteiger partial charge in [0, 0.05) is 24.2 Å². The molecular formula is C17H23N3OS. The van der Waals surface area contributed by atoms with Gasteiger partial charge >= 0.3 is 0 Å². The number of nitrogen functional groups attached to an aromatic ring is 1. The van der Waals surface area contributed by atoms with E-state index in [0.717, 1.165) is 23.1 Å². The van der Waals surface area contributed by atoms with Crippen LogP contribution in [0.3, 0.4) is 0 Å². The fourth-order valence-electron chi connectivity index (χ4n) is 3.19. The minimum atomic E-state index is 0.0249. The highest BCUT2D eigenvalue weighted by atomic mass is 32.1. The zero-order chi connectivity index (χ0) is 15.9. The van der Waals surface area contributed by atoms with Gasteiger partial charge < -0.3 is 10.6 Å². The molecule has 3 rings (SSSR count). The fraction of sp³-hybridized carbons (Fsp3) is 0.529. The van der Waals surface area contributed by atoms with E-state index in [1.807, 2.05) is 18.7 Å². The number of aryl methyl sites for hydroxylation is 1. The number of fused-ring (bicyclic) bond motifs is 2.